The Bertz CT molecular complexity index is 1500. The molecule has 7 heteroatoms. The fraction of sp³-hybridized carbons (Fsp3) is 0.379. The summed E-state index contributed by atoms with van der Waals surface area (Å²) in [6.07, 6.45) is 12.9. The van der Waals surface area contributed by atoms with E-state index < -0.39 is 21.3 Å². The van der Waals surface area contributed by atoms with Crippen molar-refractivity contribution in [3.63, 3.8) is 0 Å². The highest BCUT2D eigenvalue weighted by atomic mass is 32.2. The normalized spacial score (nSPS) is 18.3. The molecule has 1 N–H and O–H groups in total. The summed E-state index contributed by atoms with van der Waals surface area (Å²) in [5, 5.41) is 3.78. The van der Waals surface area contributed by atoms with Gasteiger partial charge < -0.3 is 9.73 Å². The summed E-state index contributed by atoms with van der Waals surface area (Å²) in [7, 11) is -3.33. The first-order chi connectivity index (χ1) is 17.1. The molecule has 2 fully saturated rings. The Labute approximate surface area is 211 Å². The summed E-state index contributed by atoms with van der Waals surface area (Å²) in [6, 6.07) is 13.9. The number of nitrogens with one attached hydrogen (secondary N) is 1. The van der Waals surface area contributed by atoms with Crippen LogP contribution in [0.4, 0.5) is 0 Å². The van der Waals surface area contributed by atoms with E-state index in [1.165, 1.54) is 6.26 Å². The first-order valence-electron chi connectivity index (χ1n) is 12.3. The molecule has 6 nitrogen and oxygen atoms in total. The fourth-order valence-electron chi connectivity index (χ4n) is 5.14. The molecule has 0 saturated heterocycles. The predicted molar refractivity (Wildman–Crippen MR) is 138 cm³/mol. The number of carbonyl (C=O) groups excluding carboxylic acids is 2. The van der Waals surface area contributed by atoms with Crippen molar-refractivity contribution in [1.82, 2.24) is 5.32 Å². The number of rotatable bonds is 7. The second kappa shape index (κ2) is 8.94. The average molecular weight is 504 g/mol. The highest BCUT2D eigenvalue weighted by molar-refractivity contribution is 7.90. The van der Waals surface area contributed by atoms with Crippen molar-refractivity contribution in [2.24, 2.45) is 5.41 Å². The van der Waals surface area contributed by atoms with Gasteiger partial charge in [0.15, 0.2) is 21.4 Å². The minimum atomic E-state index is -3.33. The van der Waals surface area contributed by atoms with E-state index in [-0.39, 0.29) is 21.9 Å². The maximum absolute atomic E-state index is 13.4. The van der Waals surface area contributed by atoms with E-state index in [0.29, 0.717) is 24.8 Å². The Hall–Kier alpha value is -3.37. The van der Waals surface area contributed by atoms with E-state index in [4.69, 9.17) is 10.8 Å². The lowest BCUT2D eigenvalue weighted by molar-refractivity contribution is -0.127. The molecule has 0 atom stereocenters. The molecule has 0 aliphatic heterocycles. The number of furan rings is 1. The summed E-state index contributed by atoms with van der Waals surface area (Å²) >= 11 is 0. The van der Waals surface area contributed by atoms with Gasteiger partial charge in [0.05, 0.1) is 10.4 Å². The van der Waals surface area contributed by atoms with Gasteiger partial charge in [-0.1, -0.05) is 49.4 Å². The van der Waals surface area contributed by atoms with E-state index >= 15 is 0 Å². The Morgan fingerprint density at radius 3 is 2.39 bits per heavy atom. The van der Waals surface area contributed by atoms with Crippen LogP contribution in [0.25, 0.3) is 22.1 Å². The van der Waals surface area contributed by atoms with Gasteiger partial charge in [-0.2, -0.15) is 0 Å². The fourth-order valence-corrected chi connectivity index (χ4v) is 5.80. The van der Waals surface area contributed by atoms with Crippen molar-refractivity contribution < 1.29 is 22.4 Å². The Morgan fingerprint density at radius 1 is 1.00 bits per heavy atom. The molecule has 36 heavy (non-hydrogen) atoms. The van der Waals surface area contributed by atoms with Gasteiger partial charge in [0.1, 0.15) is 5.58 Å². The van der Waals surface area contributed by atoms with Gasteiger partial charge in [0.2, 0.25) is 0 Å². The van der Waals surface area contributed by atoms with Crippen molar-refractivity contribution in [2.45, 2.75) is 61.8 Å². The number of hydrogen-bond acceptors (Lipinski definition) is 5. The molecule has 1 amide bonds. The topological polar surface area (TPSA) is 93.5 Å². The lowest BCUT2D eigenvalue weighted by Gasteiger charge is -2.37. The zero-order valence-corrected chi connectivity index (χ0v) is 21.1. The maximum Gasteiger partial charge on any atom is 0.287 e. The number of ketones is 1. The van der Waals surface area contributed by atoms with Crippen molar-refractivity contribution in [3.8, 4) is 23.5 Å². The number of Topliss-reactive ketones (excluding diaryl/α,β-unsaturated/α-hetero) is 1. The molecular weight excluding hydrogens is 474 g/mol. The minimum absolute atomic E-state index is 0.0233. The summed E-state index contributed by atoms with van der Waals surface area (Å²) in [4.78, 5) is 26.9. The third-order valence-corrected chi connectivity index (χ3v) is 8.70. The van der Waals surface area contributed by atoms with Crippen LogP contribution in [-0.2, 0) is 14.6 Å². The highest BCUT2D eigenvalue weighted by Crippen LogP contribution is 2.49. The van der Waals surface area contributed by atoms with Gasteiger partial charge in [-0.3, -0.25) is 9.59 Å². The van der Waals surface area contributed by atoms with E-state index in [9.17, 15) is 18.0 Å². The third-order valence-electron chi connectivity index (χ3n) is 7.59. The molecule has 186 valence electrons. The molecule has 0 spiro atoms. The van der Waals surface area contributed by atoms with Crippen LogP contribution in [0.3, 0.4) is 0 Å². The summed E-state index contributed by atoms with van der Waals surface area (Å²) in [5.74, 6) is 2.54. The Kier molecular flexibility index (Phi) is 6.04. The maximum atomic E-state index is 13.4. The predicted octanol–water partition coefficient (Wildman–Crippen LogP) is 5.31. The molecule has 1 heterocycles. The largest absolute Gasteiger partial charge is 0.451 e. The van der Waals surface area contributed by atoms with Crippen LogP contribution in [0.5, 0.6) is 0 Å². The molecule has 3 aromatic rings. The van der Waals surface area contributed by atoms with Crippen molar-refractivity contribution in [2.75, 3.05) is 6.26 Å². The monoisotopic (exact) mass is 503 g/mol. The van der Waals surface area contributed by atoms with E-state index in [1.54, 1.807) is 30.3 Å². The Morgan fingerprint density at radius 2 is 1.72 bits per heavy atom. The van der Waals surface area contributed by atoms with Crippen molar-refractivity contribution in [1.29, 1.82) is 0 Å². The first kappa shape index (κ1) is 24.3. The molecule has 0 unspecified atom stereocenters. The molecule has 0 bridgehead atoms. The molecule has 2 saturated carbocycles. The number of carbonyl (C=O) groups is 2. The quantitative estimate of drug-likeness (QED) is 0.441. The van der Waals surface area contributed by atoms with Crippen LogP contribution in [-0.4, -0.2) is 31.9 Å². The first-order valence-corrected chi connectivity index (χ1v) is 14.2. The Balaban J connectivity index is 1.40. The molecule has 1 aromatic heterocycles. The van der Waals surface area contributed by atoms with Gasteiger partial charge in [-0.05, 0) is 61.1 Å². The zero-order chi connectivity index (χ0) is 25.6. The van der Waals surface area contributed by atoms with Crippen LogP contribution in [0.15, 0.2) is 57.8 Å². The lowest BCUT2D eigenvalue weighted by Crippen LogP contribution is -2.56. The summed E-state index contributed by atoms with van der Waals surface area (Å²) in [5.41, 5.74) is 0.776. The second-order valence-electron chi connectivity index (χ2n) is 10.3. The molecular formula is C29H29NO5S. The number of hydrogen-bond donors (Lipinski definition) is 1. The van der Waals surface area contributed by atoms with E-state index in [0.717, 1.165) is 48.6 Å². The van der Waals surface area contributed by atoms with Crippen molar-refractivity contribution >= 4 is 32.5 Å². The van der Waals surface area contributed by atoms with Crippen LogP contribution in [0.1, 0.15) is 61.9 Å². The summed E-state index contributed by atoms with van der Waals surface area (Å²) in [6.45, 7) is 0. The number of benzene rings is 2. The van der Waals surface area contributed by atoms with Crippen molar-refractivity contribution in [3.05, 3.63) is 54.3 Å². The van der Waals surface area contributed by atoms with Gasteiger partial charge in [-0.25, -0.2) is 8.42 Å². The molecule has 2 aromatic carbocycles. The van der Waals surface area contributed by atoms with Crippen LogP contribution < -0.4 is 5.32 Å². The smallest absolute Gasteiger partial charge is 0.287 e. The molecule has 2 aliphatic carbocycles. The van der Waals surface area contributed by atoms with Gasteiger partial charge in [-0.15, -0.1) is 6.42 Å². The lowest BCUT2D eigenvalue weighted by atomic mass is 9.75. The highest BCUT2D eigenvalue weighted by Gasteiger charge is 2.49. The van der Waals surface area contributed by atoms with Gasteiger partial charge in [0.25, 0.3) is 5.91 Å². The SMILES string of the molecule is C#CC1(CC(=O)C2(NC(=O)c3cc4ccc(-c5cccc(S(C)(=O)=O)c5)cc4o3)CCCCC2)CC1. The molecule has 5 rings (SSSR count). The standard InChI is InChI=1S/C29H29NO5S/c1-3-28(14-15-28)19-26(31)29(12-5-4-6-13-29)30-27(32)25-18-22-11-10-21(17-24(22)35-25)20-8-7-9-23(16-20)36(2,33)34/h1,7-11,16-18H,4-6,12-15,19H2,2H3,(H,30,32). The van der Waals surface area contributed by atoms with E-state index in [1.807, 2.05) is 18.2 Å². The number of fused-ring (bicyclic) bond motifs is 1. The number of amides is 1. The van der Waals surface area contributed by atoms with Crippen LogP contribution >= 0.6 is 0 Å². The van der Waals surface area contributed by atoms with Crippen LogP contribution in [0.2, 0.25) is 0 Å². The molecule has 0 radical (unpaired) electrons. The third kappa shape index (κ3) is 4.70. The van der Waals surface area contributed by atoms with E-state index in [2.05, 4.69) is 11.2 Å². The van der Waals surface area contributed by atoms with Gasteiger partial charge >= 0.3 is 0 Å². The number of terminal acetylenes is 1. The zero-order valence-electron chi connectivity index (χ0n) is 20.3. The summed E-state index contributed by atoms with van der Waals surface area (Å²) < 4.78 is 29.8. The van der Waals surface area contributed by atoms with Crippen LogP contribution in [0, 0.1) is 17.8 Å². The molecule has 2 aliphatic rings. The number of sulfone groups is 1. The van der Waals surface area contributed by atoms with Gasteiger partial charge in [0, 0.05) is 23.5 Å². The second-order valence-corrected chi connectivity index (χ2v) is 12.3. The minimum Gasteiger partial charge on any atom is -0.451 e. The average Bonchev–Trinajstić information content (AvgIpc) is 3.51.